The molecule has 2 fully saturated rings. The second kappa shape index (κ2) is 7.37. The van der Waals surface area contributed by atoms with Crippen LogP contribution in [0.4, 0.5) is 0 Å². The zero-order chi connectivity index (χ0) is 17.1. The highest BCUT2D eigenvalue weighted by atomic mass is 16.5. The Hall–Kier alpha value is -2.18. The van der Waals surface area contributed by atoms with E-state index in [-0.39, 0.29) is 5.91 Å². The summed E-state index contributed by atoms with van der Waals surface area (Å²) in [7, 11) is 0. The van der Waals surface area contributed by atoms with Gasteiger partial charge in [0.2, 0.25) is 0 Å². The molecule has 1 atom stereocenters. The standard InChI is InChI=1S/C19H24N4O2/c24-19(16-4-6-17(7-5-16)23-9-2-8-20-23)22-12-10-21(11-13-22)15-18-3-1-14-25-18/h2,4-9,18H,1,3,10-15H2/t18-/m1/s1. The molecule has 0 aliphatic carbocycles. The molecule has 0 saturated carbocycles. The van der Waals surface area contributed by atoms with Gasteiger partial charge in [-0.25, -0.2) is 4.68 Å². The Labute approximate surface area is 148 Å². The molecule has 132 valence electrons. The van der Waals surface area contributed by atoms with E-state index in [1.165, 1.54) is 12.8 Å². The van der Waals surface area contributed by atoms with Crippen molar-refractivity contribution in [2.24, 2.45) is 0 Å². The first-order valence-electron chi connectivity index (χ1n) is 9.03. The molecule has 0 bridgehead atoms. The molecule has 4 rings (SSSR count). The Balaban J connectivity index is 1.32. The van der Waals surface area contributed by atoms with Crippen LogP contribution in [-0.4, -0.2) is 70.9 Å². The Morgan fingerprint density at radius 3 is 2.60 bits per heavy atom. The van der Waals surface area contributed by atoms with Gasteiger partial charge in [-0.2, -0.15) is 5.10 Å². The second-order valence-corrected chi connectivity index (χ2v) is 6.73. The van der Waals surface area contributed by atoms with Crippen molar-refractivity contribution in [1.82, 2.24) is 19.6 Å². The largest absolute Gasteiger partial charge is 0.377 e. The molecule has 0 N–H and O–H groups in total. The van der Waals surface area contributed by atoms with Gasteiger partial charge in [-0.15, -0.1) is 0 Å². The van der Waals surface area contributed by atoms with Gasteiger partial charge in [-0.1, -0.05) is 0 Å². The maximum atomic E-state index is 12.7. The predicted octanol–water partition coefficient (Wildman–Crippen LogP) is 1.81. The molecule has 1 aromatic heterocycles. The van der Waals surface area contributed by atoms with E-state index < -0.39 is 0 Å². The fourth-order valence-corrected chi connectivity index (χ4v) is 3.57. The normalized spacial score (nSPS) is 21.6. The third-order valence-corrected chi connectivity index (χ3v) is 5.03. The van der Waals surface area contributed by atoms with Gasteiger partial charge >= 0.3 is 0 Å². The molecule has 2 aliphatic rings. The average Bonchev–Trinajstić information content (AvgIpc) is 3.36. The topological polar surface area (TPSA) is 50.6 Å². The summed E-state index contributed by atoms with van der Waals surface area (Å²) in [5.41, 5.74) is 1.70. The summed E-state index contributed by atoms with van der Waals surface area (Å²) < 4.78 is 7.50. The Bertz CT molecular complexity index is 685. The number of benzene rings is 1. The zero-order valence-electron chi connectivity index (χ0n) is 14.4. The van der Waals surface area contributed by atoms with E-state index in [9.17, 15) is 4.79 Å². The maximum Gasteiger partial charge on any atom is 0.253 e. The number of carbonyl (C=O) groups excluding carboxylic acids is 1. The summed E-state index contributed by atoms with van der Waals surface area (Å²) in [6.07, 6.45) is 6.37. The van der Waals surface area contributed by atoms with Crippen LogP contribution in [0.15, 0.2) is 42.7 Å². The van der Waals surface area contributed by atoms with Crippen LogP contribution in [0.1, 0.15) is 23.2 Å². The van der Waals surface area contributed by atoms with Gasteiger partial charge in [0, 0.05) is 57.3 Å². The molecule has 0 unspecified atom stereocenters. The number of ether oxygens (including phenoxy) is 1. The van der Waals surface area contributed by atoms with Crippen molar-refractivity contribution in [3.05, 3.63) is 48.3 Å². The fraction of sp³-hybridized carbons (Fsp3) is 0.474. The highest BCUT2D eigenvalue weighted by Gasteiger charge is 2.25. The number of hydrogen-bond acceptors (Lipinski definition) is 4. The Kier molecular flexibility index (Phi) is 4.81. The molecule has 6 nitrogen and oxygen atoms in total. The lowest BCUT2D eigenvalue weighted by Gasteiger charge is -2.35. The summed E-state index contributed by atoms with van der Waals surface area (Å²) >= 11 is 0. The van der Waals surface area contributed by atoms with Gasteiger partial charge in [0.25, 0.3) is 5.91 Å². The van der Waals surface area contributed by atoms with Crippen molar-refractivity contribution in [3.8, 4) is 5.69 Å². The first-order chi connectivity index (χ1) is 12.3. The van der Waals surface area contributed by atoms with Crippen LogP contribution in [0.25, 0.3) is 5.69 Å². The third kappa shape index (κ3) is 3.75. The number of hydrogen-bond donors (Lipinski definition) is 0. The first-order valence-corrected chi connectivity index (χ1v) is 9.03. The van der Waals surface area contributed by atoms with Crippen molar-refractivity contribution < 1.29 is 9.53 Å². The highest BCUT2D eigenvalue weighted by molar-refractivity contribution is 5.94. The number of piperazine rings is 1. The molecule has 0 radical (unpaired) electrons. The van der Waals surface area contributed by atoms with Gasteiger partial charge in [0.1, 0.15) is 0 Å². The van der Waals surface area contributed by atoms with E-state index >= 15 is 0 Å². The SMILES string of the molecule is O=C(c1ccc(-n2cccn2)cc1)N1CCN(C[C@H]2CCCO2)CC1. The molecule has 1 amide bonds. The lowest BCUT2D eigenvalue weighted by Crippen LogP contribution is -2.50. The molecule has 1 aromatic carbocycles. The van der Waals surface area contributed by atoms with Gasteiger partial charge in [-0.3, -0.25) is 9.69 Å². The van der Waals surface area contributed by atoms with Gasteiger partial charge in [-0.05, 0) is 43.2 Å². The minimum atomic E-state index is 0.115. The third-order valence-electron chi connectivity index (χ3n) is 5.03. The molecule has 0 spiro atoms. The van der Waals surface area contributed by atoms with Crippen LogP contribution < -0.4 is 0 Å². The molecule has 2 aliphatic heterocycles. The summed E-state index contributed by atoms with van der Waals surface area (Å²) in [6.45, 7) is 5.32. The van der Waals surface area contributed by atoms with Gasteiger partial charge in [0.05, 0.1) is 11.8 Å². The first kappa shape index (κ1) is 16.3. The van der Waals surface area contributed by atoms with Crippen molar-refractivity contribution in [3.63, 3.8) is 0 Å². The van der Waals surface area contributed by atoms with Crippen LogP contribution in [0.3, 0.4) is 0 Å². The number of aromatic nitrogens is 2. The summed E-state index contributed by atoms with van der Waals surface area (Å²) in [6, 6.07) is 9.53. The maximum absolute atomic E-state index is 12.7. The molecular formula is C19H24N4O2. The van der Waals surface area contributed by atoms with Crippen molar-refractivity contribution in [2.75, 3.05) is 39.3 Å². The zero-order valence-corrected chi connectivity index (χ0v) is 14.4. The summed E-state index contributed by atoms with van der Waals surface area (Å²) in [5.74, 6) is 0.115. The minimum absolute atomic E-state index is 0.115. The van der Waals surface area contributed by atoms with Crippen molar-refractivity contribution in [1.29, 1.82) is 0 Å². The monoisotopic (exact) mass is 340 g/mol. The van der Waals surface area contributed by atoms with Crippen molar-refractivity contribution >= 4 is 5.91 Å². The van der Waals surface area contributed by atoms with Crippen molar-refractivity contribution in [2.45, 2.75) is 18.9 Å². The van der Waals surface area contributed by atoms with Crippen LogP contribution in [-0.2, 0) is 4.74 Å². The molecule has 25 heavy (non-hydrogen) atoms. The van der Waals surface area contributed by atoms with E-state index in [2.05, 4.69) is 10.00 Å². The highest BCUT2D eigenvalue weighted by Crippen LogP contribution is 2.16. The fourth-order valence-electron chi connectivity index (χ4n) is 3.57. The van der Waals surface area contributed by atoms with E-state index in [1.807, 2.05) is 41.4 Å². The van der Waals surface area contributed by atoms with Gasteiger partial charge in [0.15, 0.2) is 0 Å². The number of amides is 1. The van der Waals surface area contributed by atoms with Crippen LogP contribution in [0.2, 0.25) is 0 Å². The molecule has 2 saturated heterocycles. The smallest absolute Gasteiger partial charge is 0.253 e. The quantitative estimate of drug-likeness (QED) is 0.852. The number of carbonyl (C=O) groups is 1. The molecule has 3 heterocycles. The van der Waals surface area contributed by atoms with E-state index in [1.54, 1.807) is 10.9 Å². The minimum Gasteiger partial charge on any atom is -0.377 e. The van der Waals surface area contributed by atoms with Crippen LogP contribution in [0, 0.1) is 0 Å². The molecule has 2 aromatic rings. The second-order valence-electron chi connectivity index (χ2n) is 6.73. The van der Waals surface area contributed by atoms with Gasteiger partial charge < -0.3 is 9.64 Å². The summed E-state index contributed by atoms with van der Waals surface area (Å²) in [5, 5.41) is 4.21. The van der Waals surface area contributed by atoms with Crippen LogP contribution >= 0.6 is 0 Å². The number of nitrogens with zero attached hydrogens (tertiary/aromatic N) is 4. The van der Waals surface area contributed by atoms with E-state index in [0.717, 1.165) is 50.6 Å². The average molecular weight is 340 g/mol. The summed E-state index contributed by atoms with van der Waals surface area (Å²) in [4.78, 5) is 17.1. The van der Waals surface area contributed by atoms with E-state index in [4.69, 9.17) is 4.74 Å². The molecule has 6 heteroatoms. The lowest BCUT2D eigenvalue weighted by atomic mass is 10.1. The Morgan fingerprint density at radius 1 is 1.16 bits per heavy atom. The lowest BCUT2D eigenvalue weighted by molar-refractivity contribution is 0.0433. The van der Waals surface area contributed by atoms with Crippen LogP contribution in [0.5, 0.6) is 0 Å². The Morgan fingerprint density at radius 2 is 1.96 bits per heavy atom. The molecular weight excluding hydrogens is 316 g/mol. The number of rotatable bonds is 4. The predicted molar refractivity (Wildman–Crippen MR) is 94.9 cm³/mol. The van der Waals surface area contributed by atoms with E-state index in [0.29, 0.717) is 6.10 Å².